The van der Waals surface area contributed by atoms with Crippen LogP contribution in [0.3, 0.4) is 0 Å². The molecule has 0 amide bonds. The first kappa shape index (κ1) is 14.5. The van der Waals surface area contributed by atoms with Gasteiger partial charge in [0.15, 0.2) is 0 Å². The van der Waals surface area contributed by atoms with Crippen LogP contribution in [0.25, 0.3) is 0 Å². The molecule has 0 fully saturated rings. The van der Waals surface area contributed by atoms with Crippen LogP contribution in [0.1, 0.15) is 29.7 Å². The fraction of sp³-hybridized carbons (Fsp3) is 0.294. The first-order chi connectivity index (χ1) is 9.60. The summed E-state index contributed by atoms with van der Waals surface area (Å²) >= 11 is 0. The van der Waals surface area contributed by atoms with E-state index < -0.39 is 0 Å². The van der Waals surface area contributed by atoms with E-state index in [0.29, 0.717) is 6.54 Å². The Morgan fingerprint density at radius 3 is 2.50 bits per heavy atom. The number of halogens is 1. The maximum Gasteiger partial charge on any atom is 0.123 e. The van der Waals surface area contributed by atoms with Gasteiger partial charge in [0, 0.05) is 12.6 Å². The van der Waals surface area contributed by atoms with Crippen molar-refractivity contribution in [1.29, 1.82) is 0 Å². The molecule has 3 heteroatoms. The lowest BCUT2D eigenvalue weighted by molar-refractivity contribution is 0.414. The summed E-state index contributed by atoms with van der Waals surface area (Å²) < 4.78 is 18.4. The van der Waals surface area contributed by atoms with E-state index >= 15 is 0 Å². The van der Waals surface area contributed by atoms with E-state index in [4.69, 9.17) is 4.74 Å². The fourth-order valence-corrected chi connectivity index (χ4v) is 2.10. The van der Waals surface area contributed by atoms with Crippen LogP contribution in [-0.2, 0) is 6.54 Å². The van der Waals surface area contributed by atoms with Crippen LogP contribution in [-0.4, -0.2) is 7.11 Å². The van der Waals surface area contributed by atoms with Crippen molar-refractivity contribution in [3.63, 3.8) is 0 Å². The summed E-state index contributed by atoms with van der Waals surface area (Å²) in [6.45, 7) is 4.74. The van der Waals surface area contributed by atoms with Gasteiger partial charge >= 0.3 is 0 Å². The van der Waals surface area contributed by atoms with E-state index in [2.05, 4.69) is 12.2 Å². The standard InChI is InChI=1S/C17H20FNO/c1-12-4-7-16(18)10-15(12)11-19-13(2)14-5-8-17(20-3)9-6-14/h4-10,13,19H,11H2,1-3H3/t13-/m1/s1. The lowest BCUT2D eigenvalue weighted by Gasteiger charge is -2.16. The minimum atomic E-state index is -0.190. The molecule has 106 valence electrons. The van der Waals surface area contributed by atoms with E-state index in [9.17, 15) is 4.39 Å². The van der Waals surface area contributed by atoms with Crippen LogP contribution in [0.2, 0.25) is 0 Å². The molecular weight excluding hydrogens is 253 g/mol. The lowest BCUT2D eigenvalue weighted by atomic mass is 10.1. The maximum absolute atomic E-state index is 13.2. The topological polar surface area (TPSA) is 21.3 Å². The van der Waals surface area contributed by atoms with Gasteiger partial charge in [0.05, 0.1) is 7.11 Å². The molecule has 0 spiro atoms. The predicted molar refractivity (Wildman–Crippen MR) is 79.4 cm³/mol. The second-order valence-electron chi connectivity index (χ2n) is 4.95. The Balaban J connectivity index is 2.00. The molecule has 0 aliphatic heterocycles. The Hall–Kier alpha value is -1.87. The Bertz CT molecular complexity index is 566. The van der Waals surface area contributed by atoms with E-state index in [-0.39, 0.29) is 11.9 Å². The third-order valence-electron chi connectivity index (χ3n) is 3.53. The van der Waals surface area contributed by atoms with Gasteiger partial charge in [-0.1, -0.05) is 18.2 Å². The highest BCUT2D eigenvalue weighted by molar-refractivity contribution is 5.30. The molecule has 0 heterocycles. The number of benzene rings is 2. The molecular formula is C17H20FNO. The van der Waals surface area contributed by atoms with Crippen LogP contribution >= 0.6 is 0 Å². The van der Waals surface area contributed by atoms with Crippen LogP contribution in [0.15, 0.2) is 42.5 Å². The normalized spacial score (nSPS) is 12.2. The number of ether oxygens (including phenoxy) is 1. The van der Waals surface area contributed by atoms with Crippen LogP contribution in [0, 0.1) is 12.7 Å². The largest absolute Gasteiger partial charge is 0.497 e. The van der Waals surface area contributed by atoms with Crippen molar-refractivity contribution in [3.05, 3.63) is 65.0 Å². The van der Waals surface area contributed by atoms with E-state index in [0.717, 1.165) is 16.9 Å². The number of aryl methyl sites for hydroxylation is 1. The van der Waals surface area contributed by atoms with Crippen molar-refractivity contribution in [2.45, 2.75) is 26.4 Å². The van der Waals surface area contributed by atoms with Gasteiger partial charge < -0.3 is 10.1 Å². The van der Waals surface area contributed by atoms with Crippen LogP contribution < -0.4 is 10.1 Å². The van der Waals surface area contributed by atoms with Gasteiger partial charge in [-0.05, 0) is 54.8 Å². The molecule has 0 aliphatic rings. The highest BCUT2D eigenvalue weighted by atomic mass is 19.1. The molecule has 2 rings (SSSR count). The Kier molecular flexibility index (Phi) is 4.74. The molecule has 0 saturated carbocycles. The molecule has 0 bridgehead atoms. The van der Waals surface area contributed by atoms with Gasteiger partial charge in [-0.25, -0.2) is 4.39 Å². The summed E-state index contributed by atoms with van der Waals surface area (Å²) in [5, 5.41) is 3.41. The number of rotatable bonds is 5. The first-order valence-electron chi connectivity index (χ1n) is 6.72. The first-order valence-corrected chi connectivity index (χ1v) is 6.72. The zero-order valence-electron chi connectivity index (χ0n) is 12.1. The van der Waals surface area contributed by atoms with Crippen molar-refractivity contribution < 1.29 is 9.13 Å². The van der Waals surface area contributed by atoms with Crippen molar-refractivity contribution in [3.8, 4) is 5.75 Å². The average Bonchev–Trinajstić information content (AvgIpc) is 2.48. The molecule has 0 saturated heterocycles. The SMILES string of the molecule is COc1ccc([C@@H](C)NCc2cc(F)ccc2C)cc1. The zero-order chi connectivity index (χ0) is 14.5. The average molecular weight is 273 g/mol. The second kappa shape index (κ2) is 6.53. The Morgan fingerprint density at radius 1 is 1.15 bits per heavy atom. The van der Waals surface area contributed by atoms with Crippen molar-refractivity contribution in [2.24, 2.45) is 0 Å². The van der Waals surface area contributed by atoms with E-state index in [1.807, 2.05) is 37.3 Å². The highest BCUT2D eigenvalue weighted by Crippen LogP contribution is 2.18. The second-order valence-corrected chi connectivity index (χ2v) is 4.95. The molecule has 2 aromatic carbocycles. The number of hydrogen-bond donors (Lipinski definition) is 1. The minimum absolute atomic E-state index is 0.190. The van der Waals surface area contributed by atoms with Gasteiger partial charge in [-0.15, -0.1) is 0 Å². The summed E-state index contributed by atoms with van der Waals surface area (Å²) in [4.78, 5) is 0. The fourth-order valence-electron chi connectivity index (χ4n) is 2.10. The van der Waals surface area contributed by atoms with E-state index in [1.165, 1.54) is 11.6 Å². The number of hydrogen-bond acceptors (Lipinski definition) is 2. The number of methoxy groups -OCH3 is 1. The zero-order valence-corrected chi connectivity index (χ0v) is 12.1. The third-order valence-corrected chi connectivity index (χ3v) is 3.53. The summed E-state index contributed by atoms with van der Waals surface area (Å²) in [6, 6.07) is 13.0. The van der Waals surface area contributed by atoms with Gasteiger partial charge in [-0.3, -0.25) is 0 Å². The van der Waals surface area contributed by atoms with Gasteiger partial charge in [0.2, 0.25) is 0 Å². The molecule has 0 radical (unpaired) electrons. The Morgan fingerprint density at radius 2 is 1.85 bits per heavy atom. The van der Waals surface area contributed by atoms with Crippen molar-refractivity contribution in [2.75, 3.05) is 7.11 Å². The monoisotopic (exact) mass is 273 g/mol. The molecule has 0 unspecified atom stereocenters. The summed E-state index contributed by atoms with van der Waals surface area (Å²) in [5.41, 5.74) is 3.27. The van der Waals surface area contributed by atoms with E-state index in [1.54, 1.807) is 13.2 Å². The summed E-state index contributed by atoms with van der Waals surface area (Å²) in [5.74, 6) is 0.659. The van der Waals surface area contributed by atoms with Crippen LogP contribution in [0.4, 0.5) is 4.39 Å². The molecule has 0 aromatic heterocycles. The van der Waals surface area contributed by atoms with Crippen LogP contribution in [0.5, 0.6) is 5.75 Å². The molecule has 20 heavy (non-hydrogen) atoms. The van der Waals surface area contributed by atoms with Crippen molar-refractivity contribution in [1.82, 2.24) is 5.32 Å². The summed E-state index contributed by atoms with van der Waals surface area (Å²) in [7, 11) is 1.66. The summed E-state index contributed by atoms with van der Waals surface area (Å²) in [6.07, 6.45) is 0. The van der Waals surface area contributed by atoms with Gasteiger partial charge in [-0.2, -0.15) is 0 Å². The minimum Gasteiger partial charge on any atom is -0.497 e. The van der Waals surface area contributed by atoms with Crippen molar-refractivity contribution >= 4 is 0 Å². The highest BCUT2D eigenvalue weighted by Gasteiger charge is 2.07. The number of nitrogens with one attached hydrogen (secondary N) is 1. The Labute approximate surface area is 119 Å². The molecule has 2 nitrogen and oxygen atoms in total. The molecule has 1 N–H and O–H groups in total. The predicted octanol–water partition coefficient (Wildman–Crippen LogP) is 3.99. The lowest BCUT2D eigenvalue weighted by Crippen LogP contribution is -2.18. The third kappa shape index (κ3) is 3.58. The quantitative estimate of drug-likeness (QED) is 0.889. The van der Waals surface area contributed by atoms with Gasteiger partial charge in [0.1, 0.15) is 11.6 Å². The molecule has 0 aliphatic carbocycles. The maximum atomic E-state index is 13.2. The molecule has 1 atom stereocenters. The smallest absolute Gasteiger partial charge is 0.123 e. The molecule has 2 aromatic rings. The van der Waals surface area contributed by atoms with Gasteiger partial charge in [0.25, 0.3) is 0 Å².